The lowest BCUT2D eigenvalue weighted by molar-refractivity contribution is -0.131. The number of halogens is 1. The topological polar surface area (TPSA) is 76.7 Å². The van der Waals surface area contributed by atoms with Crippen molar-refractivity contribution in [3.63, 3.8) is 0 Å². The fourth-order valence-corrected chi connectivity index (χ4v) is 2.73. The van der Waals surface area contributed by atoms with E-state index in [1.807, 2.05) is 38.1 Å². The van der Waals surface area contributed by atoms with Gasteiger partial charge in [-0.25, -0.2) is 0 Å². The van der Waals surface area contributed by atoms with Gasteiger partial charge in [-0.3, -0.25) is 20.4 Å². The Bertz CT molecular complexity index is 824. The first-order valence-corrected chi connectivity index (χ1v) is 9.37. The molecule has 0 atom stereocenters. The molecule has 2 amide bonds. The minimum absolute atomic E-state index is 0.201. The molecule has 144 valence electrons. The van der Waals surface area contributed by atoms with Crippen molar-refractivity contribution in [3.05, 3.63) is 57.6 Å². The van der Waals surface area contributed by atoms with E-state index < -0.39 is 11.8 Å². The maximum atomic E-state index is 11.8. The molecule has 0 fully saturated rings. The van der Waals surface area contributed by atoms with Crippen molar-refractivity contribution >= 4 is 27.7 Å². The van der Waals surface area contributed by atoms with Crippen molar-refractivity contribution in [2.75, 3.05) is 13.2 Å². The second-order valence-electron chi connectivity index (χ2n) is 6.04. The third kappa shape index (κ3) is 6.60. The van der Waals surface area contributed by atoms with Crippen LogP contribution in [-0.4, -0.2) is 25.0 Å². The van der Waals surface area contributed by atoms with Crippen LogP contribution in [0.1, 0.15) is 23.6 Å². The second-order valence-corrected chi connectivity index (χ2v) is 6.89. The molecule has 0 aliphatic carbocycles. The Balaban J connectivity index is 1.71. The molecule has 2 aromatic rings. The maximum absolute atomic E-state index is 11.8. The molecule has 0 saturated carbocycles. The number of rotatable bonds is 7. The van der Waals surface area contributed by atoms with Gasteiger partial charge in [-0.1, -0.05) is 19.1 Å². The Hall–Kier alpha value is -2.54. The molecule has 2 rings (SSSR count). The normalized spacial score (nSPS) is 10.2. The number of carbonyl (C=O) groups is 2. The SMILES string of the molecule is CCc1ccc(OCC(=O)NNC(=O)COc2ccc(C)c(C)c2)c(Br)c1. The van der Waals surface area contributed by atoms with Crippen molar-refractivity contribution in [2.45, 2.75) is 27.2 Å². The average Bonchev–Trinajstić information content (AvgIpc) is 2.66. The second kappa shape index (κ2) is 9.97. The minimum atomic E-state index is -0.471. The minimum Gasteiger partial charge on any atom is -0.484 e. The first-order chi connectivity index (χ1) is 12.9. The lowest BCUT2D eigenvalue weighted by Gasteiger charge is -2.11. The van der Waals surface area contributed by atoms with Gasteiger partial charge in [-0.05, 0) is 77.2 Å². The number of nitrogens with one attached hydrogen (secondary N) is 2. The van der Waals surface area contributed by atoms with Gasteiger partial charge in [0.1, 0.15) is 11.5 Å². The van der Waals surface area contributed by atoms with Gasteiger partial charge in [0.15, 0.2) is 13.2 Å². The van der Waals surface area contributed by atoms with E-state index in [2.05, 4.69) is 33.7 Å². The Labute approximate surface area is 167 Å². The van der Waals surface area contributed by atoms with E-state index in [9.17, 15) is 9.59 Å². The van der Waals surface area contributed by atoms with E-state index in [4.69, 9.17) is 9.47 Å². The predicted molar refractivity (Wildman–Crippen MR) is 107 cm³/mol. The van der Waals surface area contributed by atoms with Crippen LogP contribution in [0.25, 0.3) is 0 Å². The molecule has 6 nitrogen and oxygen atoms in total. The molecule has 0 spiro atoms. The summed E-state index contributed by atoms with van der Waals surface area (Å²) in [4.78, 5) is 23.6. The van der Waals surface area contributed by atoms with Crippen molar-refractivity contribution in [1.29, 1.82) is 0 Å². The Morgan fingerprint density at radius 1 is 0.926 bits per heavy atom. The predicted octanol–water partition coefficient (Wildman–Crippen LogP) is 3.23. The summed E-state index contributed by atoms with van der Waals surface area (Å²) in [6.07, 6.45) is 0.912. The lowest BCUT2D eigenvalue weighted by atomic mass is 10.1. The van der Waals surface area contributed by atoms with Crippen molar-refractivity contribution in [2.24, 2.45) is 0 Å². The molecule has 27 heavy (non-hydrogen) atoms. The number of hydrogen-bond acceptors (Lipinski definition) is 4. The number of benzene rings is 2. The summed E-state index contributed by atoms with van der Waals surface area (Å²) < 4.78 is 11.6. The zero-order chi connectivity index (χ0) is 19.8. The van der Waals surface area contributed by atoms with Gasteiger partial charge in [0.2, 0.25) is 0 Å². The summed E-state index contributed by atoms with van der Waals surface area (Å²) in [7, 11) is 0. The molecule has 0 bridgehead atoms. The van der Waals surface area contributed by atoms with Crippen LogP contribution in [0.5, 0.6) is 11.5 Å². The van der Waals surface area contributed by atoms with Gasteiger partial charge >= 0.3 is 0 Å². The molecule has 0 aromatic heterocycles. The van der Waals surface area contributed by atoms with Crippen molar-refractivity contribution in [1.82, 2.24) is 10.9 Å². The molecule has 7 heteroatoms. The first kappa shape index (κ1) is 20.8. The zero-order valence-electron chi connectivity index (χ0n) is 15.6. The van der Waals surface area contributed by atoms with E-state index in [0.717, 1.165) is 27.6 Å². The van der Waals surface area contributed by atoms with Crippen molar-refractivity contribution < 1.29 is 19.1 Å². The maximum Gasteiger partial charge on any atom is 0.276 e. The average molecular weight is 435 g/mol. The highest BCUT2D eigenvalue weighted by Gasteiger charge is 2.09. The van der Waals surface area contributed by atoms with Gasteiger partial charge in [0, 0.05) is 0 Å². The molecule has 0 aliphatic rings. The number of hydrogen-bond donors (Lipinski definition) is 2. The molecule has 0 radical (unpaired) electrons. The number of hydrazine groups is 1. The number of amides is 2. The summed E-state index contributed by atoms with van der Waals surface area (Å²) in [6.45, 7) is 5.61. The quantitative estimate of drug-likeness (QED) is 0.655. The van der Waals surface area contributed by atoms with Gasteiger partial charge in [0.05, 0.1) is 4.47 Å². The molecule has 0 aliphatic heterocycles. The summed E-state index contributed by atoms with van der Waals surface area (Å²) in [5, 5.41) is 0. The van der Waals surface area contributed by atoms with Crippen LogP contribution in [-0.2, 0) is 16.0 Å². The van der Waals surface area contributed by atoms with Gasteiger partial charge in [-0.2, -0.15) is 0 Å². The molecule has 2 aromatic carbocycles. The standard InChI is InChI=1S/C20H23BrN2O4/c1-4-15-6-8-18(17(21)10-15)27-12-20(25)23-22-19(24)11-26-16-7-5-13(2)14(3)9-16/h5-10H,4,11-12H2,1-3H3,(H,22,24)(H,23,25). The van der Waals surface area contributed by atoms with Gasteiger partial charge < -0.3 is 9.47 Å². The zero-order valence-corrected chi connectivity index (χ0v) is 17.2. The molecular weight excluding hydrogens is 412 g/mol. The summed E-state index contributed by atoms with van der Waals surface area (Å²) in [5.41, 5.74) is 7.98. The Morgan fingerprint density at radius 3 is 2.19 bits per heavy atom. The van der Waals surface area contributed by atoms with Crippen LogP contribution < -0.4 is 20.3 Å². The van der Waals surface area contributed by atoms with Gasteiger partial charge in [0.25, 0.3) is 11.8 Å². The molecule has 0 unspecified atom stereocenters. The monoisotopic (exact) mass is 434 g/mol. The molecule has 0 saturated heterocycles. The number of aryl methyl sites for hydroxylation is 3. The third-order valence-electron chi connectivity index (χ3n) is 3.95. The number of carbonyl (C=O) groups excluding carboxylic acids is 2. The van der Waals surface area contributed by atoms with Crippen LogP contribution in [0.3, 0.4) is 0 Å². The van der Waals surface area contributed by atoms with Crippen LogP contribution in [0.2, 0.25) is 0 Å². The van der Waals surface area contributed by atoms with E-state index in [-0.39, 0.29) is 13.2 Å². The number of ether oxygens (including phenoxy) is 2. The first-order valence-electron chi connectivity index (χ1n) is 8.58. The summed E-state index contributed by atoms with van der Waals surface area (Å²) in [6, 6.07) is 11.3. The van der Waals surface area contributed by atoms with E-state index in [1.165, 1.54) is 0 Å². The highest BCUT2D eigenvalue weighted by Crippen LogP contribution is 2.26. The van der Waals surface area contributed by atoms with Crippen LogP contribution in [0.4, 0.5) is 0 Å². The highest BCUT2D eigenvalue weighted by atomic mass is 79.9. The largest absolute Gasteiger partial charge is 0.484 e. The lowest BCUT2D eigenvalue weighted by Crippen LogP contribution is -2.45. The van der Waals surface area contributed by atoms with E-state index in [0.29, 0.717) is 11.5 Å². The van der Waals surface area contributed by atoms with Crippen LogP contribution in [0.15, 0.2) is 40.9 Å². The third-order valence-corrected chi connectivity index (χ3v) is 4.57. The van der Waals surface area contributed by atoms with Crippen molar-refractivity contribution in [3.8, 4) is 11.5 Å². The molecular formula is C20H23BrN2O4. The molecule has 2 N–H and O–H groups in total. The van der Waals surface area contributed by atoms with E-state index >= 15 is 0 Å². The summed E-state index contributed by atoms with van der Waals surface area (Å²) in [5.74, 6) is 0.228. The molecule has 0 heterocycles. The Kier molecular flexibility index (Phi) is 7.67. The Morgan fingerprint density at radius 2 is 1.59 bits per heavy atom. The highest BCUT2D eigenvalue weighted by molar-refractivity contribution is 9.10. The van der Waals surface area contributed by atoms with Crippen LogP contribution >= 0.6 is 15.9 Å². The fourth-order valence-electron chi connectivity index (χ4n) is 2.19. The summed E-state index contributed by atoms with van der Waals surface area (Å²) >= 11 is 3.41. The smallest absolute Gasteiger partial charge is 0.276 e. The van der Waals surface area contributed by atoms with Gasteiger partial charge in [-0.15, -0.1) is 0 Å². The fraction of sp³-hybridized carbons (Fsp3) is 0.300. The van der Waals surface area contributed by atoms with Crippen LogP contribution in [0, 0.1) is 13.8 Å². The van der Waals surface area contributed by atoms with E-state index in [1.54, 1.807) is 12.1 Å².